The maximum absolute atomic E-state index is 13.5. The number of halogens is 1. The second-order valence-electron chi connectivity index (χ2n) is 7.16. The fourth-order valence-electron chi connectivity index (χ4n) is 3.58. The molecule has 2 aromatic carbocycles. The van der Waals surface area contributed by atoms with Crippen molar-refractivity contribution in [2.45, 2.75) is 13.0 Å². The normalized spacial score (nSPS) is 15.5. The number of benzene rings is 2. The lowest BCUT2D eigenvalue weighted by Crippen LogP contribution is -2.49. The van der Waals surface area contributed by atoms with Gasteiger partial charge in [-0.05, 0) is 61.5 Å². The van der Waals surface area contributed by atoms with Gasteiger partial charge in [0.25, 0.3) is 0 Å². The number of nitrogens with one attached hydrogen (secondary N) is 1. The second-order valence-corrected chi connectivity index (χ2v) is 7.16. The topological polar surface area (TPSA) is 74.8 Å². The zero-order valence-electron chi connectivity index (χ0n) is 17.3. The molecule has 158 valence electrons. The van der Waals surface area contributed by atoms with E-state index in [1.165, 1.54) is 19.2 Å². The summed E-state index contributed by atoms with van der Waals surface area (Å²) < 4.78 is 18.2. The Morgan fingerprint density at radius 2 is 1.87 bits per heavy atom. The second kappa shape index (κ2) is 8.06. The molecule has 4 rings (SSSR count). The van der Waals surface area contributed by atoms with E-state index < -0.39 is 12.0 Å². The quantitative estimate of drug-likeness (QED) is 0.636. The predicted molar refractivity (Wildman–Crippen MR) is 117 cm³/mol. The lowest BCUT2D eigenvalue weighted by Gasteiger charge is -2.39. The van der Waals surface area contributed by atoms with Crippen LogP contribution in [-0.4, -0.2) is 37.1 Å². The van der Waals surface area contributed by atoms with Crippen molar-refractivity contribution in [2.75, 3.05) is 29.3 Å². The van der Waals surface area contributed by atoms with Gasteiger partial charge in [-0.25, -0.2) is 14.2 Å². The number of nitrogens with zero attached hydrogens (tertiary/aromatic N) is 3. The van der Waals surface area contributed by atoms with E-state index in [0.29, 0.717) is 34.3 Å². The number of aromatic nitrogens is 1. The smallest absolute Gasteiger partial charge is 0.337 e. The number of likely N-dealkylation sites (N-methyl/N-ethyl adjacent to an activating group) is 1. The minimum absolute atomic E-state index is 0.0925. The summed E-state index contributed by atoms with van der Waals surface area (Å²) in [6.45, 7) is 1.78. The summed E-state index contributed by atoms with van der Waals surface area (Å²) in [6.07, 6.45) is 0. The number of hydrogen-bond donors (Lipinski definition) is 1. The van der Waals surface area contributed by atoms with Crippen LogP contribution in [-0.2, 0) is 9.53 Å². The van der Waals surface area contributed by atoms with E-state index in [-0.39, 0.29) is 11.7 Å². The van der Waals surface area contributed by atoms with Gasteiger partial charge >= 0.3 is 5.97 Å². The van der Waals surface area contributed by atoms with Crippen LogP contribution in [0.5, 0.6) is 0 Å². The number of methoxy groups -OCH3 is 1. The van der Waals surface area contributed by atoms with Gasteiger partial charge in [-0.3, -0.25) is 4.79 Å². The van der Waals surface area contributed by atoms with Crippen molar-refractivity contribution in [3.63, 3.8) is 0 Å². The van der Waals surface area contributed by atoms with E-state index in [2.05, 4.69) is 5.32 Å². The van der Waals surface area contributed by atoms with Crippen molar-refractivity contribution in [1.82, 2.24) is 4.98 Å². The first-order chi connectivity index (χ1) is 14.9. The zero-order valence-corrected chi connectivity index (χ0v) is 17.3. The molecule has 1 atom stereocenters. The lowest BCUT2D eigenvalue weighted by molar-refractivity contribution is -0.119. The first-order valence-electron chi connectivity index (χ1n) is 9.68. The molecule has 0 saturated heterocycles. The predicted octanol–water partition coefficient (Wildman–Crippen LogP) is 4.25. The number of amides is 1. The largest absolute Gasteiger partial charge is 0.465 e. The summed E-state index contributed by atoms with van der Waals surface area (Å²) >= 11 is 0. The Hall–Kier alpha value is -3.94. The van der Waals surface area contributed by atoms with Crippen LogP contribution in [0.25, 0.3) is 0 Å². The molecule has 7 nitrogen and oxygen atoms in total. The van der Waals surface area contributed by atoms with E-state index in [1.54, 1.807) is 66.2 Å². The molecule has 0 bridgehead atoms. The molecule has 1 aromatic heterocycles. The van der Waals surface area contributed by atoms with E-state index in [1.807, 2.05) is 6.07 Å². The number of ether oxygens (including phenoxy) is 1. The number of carbonyl (C=O) groups is 2. The van der Waals surface area contributed by atoms with Crippen molar-refractivity contribution >= 4 is 40.6 Å². The Morgan fingerprint density at radius 1 is 1.13 bits per heavy atom. The molecule has 1 aliphatic rings. The fourth-order valence-corrected chi connectivity index (χ4v) is 3.58. The first kappa shape index (κ1) is 20.3. The van der Waals surface area contributed by atoms with Crippen molar-refractivity contribution in [1.29, 1.82) is 0 Å². The van der Waals surface area contributed by atoms with Crippen LogP contribution in [0.4, 0.5) is 33.1 Å². The number of fused-ring (bicyclic) bond motifs is 1. The molecule has 0 radical (unpaired) electrons. The molecule has 1 amide bonds. The van der Waals surface area contributed by atoms with Gasteiger partial charge in [0.2, 0.25) is 5.91 Å². The van der Waals surface area contributed by atoms with Crippen molar-refractivity contribution < 1.29 is 18.7 Å². The number of pyridine rings is 1. The summed E-state index contributed by atoms with van der Waals surface area (Å²) in [7, 11) is 3.03. The molecule has 0 fully saturated rings. The van der Waals surface area contributed by atoms with Crippen LogP contribution in [0, 0.1) is 5.82 Å². The highest BCUT2D eigenvalue weighted by Gasteiger charge is 2.35. The molecule has 31 heavy (non-hydrogen) atoms. The van der Waals surface area contributed by atoms with Gasteiger partial charge in [0.15, 0.2) is 5.82 Å². The third-order valence-electron chi connectivity index (χ3n) is 5.18. The van der Waals surface area contributed by atoms with Gasteiger partial charge in [0, 0.05) is 18.4 Å². The van der Waals surface area contributed by atoms with Gasteiger partial charge in [-0.2, -0.15) is 0 Å². The summed E-state index contributed by atoms with van der Waals surface area (Å²) in [5.74, 6) is 0.215. The van der Waals surface area contributed by atoms with E-state index in [4.69, 9.17) is 9.72 Å². The minimum Gasteiger partial charge on any atom is -0.465 e. The summed E-state index contributed by atoms with van der Waals surface area (Å²) in [4.78, 5) is 32.6. The van der Waals surface area contributed by atoms with Gasteiger partial charge in [0.1, 0.15) is 17.7 Å². The molecule has 2 heterocycles. The average Bonchev–Trinajstić information content (AvgIpc) is 2.78. The van der Waals surface area contributed by atoms with Crippen molar-refractivity contribution in [3.05, 3.63) is 72.0 Å². The fraction of sp³-hybridized carbons (Fsp3) is 0.174. The van der Waals surface area contributed by atoms with Crippen LogP contribution < -0.4 is 15.1 Å². The monoisotopic (exact) mass is 420 g/mol. The third-order valence-corrected chi connectivity index (χ3v) is 5.18. The Balaban J connectivity index is 1.74. The van der Waals surface area contributed by atoms with Crippen molar-refractivity contribution in [2.24, 2.45) is 0 Å². The number of anilines is 5. The standard InChI is InChI=1S/C23H21FN4O3/c1-14-22(29)27(2)19-11-12-20(25-17-6-4-5-15(13-17)23(30)31-3)26-21(19)28(14)18-9-7-16(24)8-10-18/h4-14H,1-3H3,(H,25,26)/t14-/m1/s1. The van der Waals surface area contributed by atoms with Gasteiger partial charge < -0.3 is 19.9 Å². The number of rotatable bonds is 4. The third kappa shape index (κ3) is 3.79. The van der Waals surface area contributed by atoms with Crippen molar-refractivity contribution in [3.8, 4) is 0 Å². The highest BCUT2D eigenvalue weighted by Crippen LogP contribution is 2.39. The summed E-state index contributed by atoms with van der Waals surface area (Å²) in [5, 5.41) is 3.19. The number of hydrogen-bond acceptors (Lipinski definition) is 6. The molecule has 0 spiro atoms. The Morgan fingerprint density at radius 3 is 2.58 bits per heavy atom. The summed E-state index contributed by atoms with van der Waals surface area (Å²) in [6, 6.07) is 15.9. The van der Waals surface area contributed by atoms with E-state index in [9.17, 15) is 14.0 Å². The number of esters is 1. The van der Waals surface area contributed by atoms with E-state index in [0.717, 1.165) is 0 Å². The Kier molecular flexibility index (Phi) is 5.29. The zero-order chi connectivity index (χ0) is 22.1. The molecule has 8 heteroatoms. The maximum atomic E-state index is 13.5. The molecule has 0 saturated carbocycles. The molecule has 0 aliphatic carbocycles. The number of carbonyl (C=O) groups excluding carboxylic acids is 2. The van der Waals surface area contributed by atoms with Gasteiger partial charge in [-0.15, -0.1) is 0 Å². The summed E-state index contributed by atoms with van der Waals surface area (Å²) in [5.41, 5.74) is 2.38. The SMILES string of the molecule is COC(=O)c1cccc(Nc2ccc3c(n2)N(c2ccc(F)cc2)[C@H](C)C(=O)N3C)c1. The maximum Gasteiger partial charge on any atom is 0.337 e. The van der Waals surface area contributed by atoms with Crippen LogP contribution in [0.1, 0.15) is 17.3 Å². The highest BCUT2D eigenvalue weighted by molar-refractivity contribution is 6.06. The Labute approximate surface area is 179 Å². The van der Waals surface area contributed by atoms with Gasteiger partial charge in [0.05, 0.1) is 18.4 Å². The van der Waals surface area contributed by atoms with Crippen LogP contribution in [0.3, 0.4) is 0 Å². The van der Waals surface area contributed by atoms with E-state index >= 15 is 0 Å². The molecule has 1 N–H and O–H groups in total. The van der Waals surface area contributed by atoms with Crippen LogP contribution >= 0.6 is 0 Å². The highest BCUT2D eigenvalue weighted by atomic mass is 19.1. The molecule has 1 aliphatic heterocycles. The van der Waals surface area contributed by atoms with Crippen LogP contribution in [0.2, 0.25) is 0 Å². The van der Waals surface area contributed by atoms with Gasteiger partial charge in [-0.1, -0.05) is 6.07 Å². The molecular weight excluding hydrogens is 399 g/mol. The lowest BCUT2D eigenvalue weighted by atomic mass is 10.1. The Bertz CT molecular complexity index is 1150. The first-order valence-corrected chi connectivity index (χ1v) is 9.68. The average molecular weight is 420 g/mol. The molecule has 0 unspecified atom stereocenters. The minimum atomic E-state index is -0.520. The van der Waals surface area contributed by atoms with Crippen LogP contribution in [0.15, 0.2) is 60.7 Å². The molecule has 3 aromatic rings. The molecular formula is C23H21FN4O3.